The van der Waals surface area contributed by atoms with Gasteiger partial charge in [0.1, 0.15) is 22.9 Å². The van der Waals surface area contributed by atoms with Crippen LogP contribution in [0, 0.1) is 13.1 Å². The highest BCUT2D eigenvalue weighted by atomic mass is 32.2. The molecule has 336 valence electrons. The molecular formula is C36H26F6N10O8S4-2. The molecule has 0 saturated heterocycles. The average molecular weight is 969 g/mol. The first kappa shape index (κ1) is 49.1. The van der Waals surface area contributed by atoms with Crippen molar-refractivity contribution in [3.63, 3.8) is 0 Å². The Bertz CT molecular complexity index is 2600. The number of rotatable bonds is 14. The van der Waals surface area contributed by atoms with Crippen LogP contribution < -0.4 is 29.8 Å². The molecular weight excluding hydrogens is 943 g/mol. The Labute approximate surface area is 374 Å². The van der Waals surface area contributed by atoms with Gasteiger partial charge in [0.15, 0.2) is 0 Å². The number of aromatic nitrogens is 2. The number of ether oxygens (including phenoxy) is 2. The molecule has 0 unspecified atom stereocenters. The van der Waals surface area contributed by atoms with Crippen molar-refractivity contribution in [2.75, 3.05) is 52.2 Å². The molecule has 0 saturated carbocycles. The van der Waals surface area contributed by atoms with Crippen molar-refractivity contribution in [3.05, 3.63) is 82.5 Å². The highest BCUT2D eigenvalue weighted by Crippen LogP contribution is 2.45. The highest BCUT2D eigenvalue weighted by molar-refractivity contribution is 7.95. The maximum Gasteiger partial charge on any atom is 0.407 e. The van der Waals surface area contributed by atoms with Crippen LogP contribution in [-0.2, 0) is 31.1 Å². The molecule has 64 heavy (non-hydrogen) atoms. The van der Waals surface area contributed by atoms with Crippen LogP contribution >= 0.6 is 46.8 Å². The monoisotopic (exact) mass is 968 g/mol. The fourth-order valence-corrected chi connectivity index (χ4v) is 7.81. The molecule has 28 heteroatoms. The summed E-state index contributed by atoms with van der Waals surface area (Å²) in [5, 5.41) is 43.6. The lowest BCUT2D eigenvalue weighted by molar-refractivity contribution is -0.777. The van der Waals surface area contributed by atoms with Crippen LogP contribution in [0.1, 0.15) is 11.1 Å². The van der Waals surface area contributed by atoms with E-state index in [0.29, 0.717) is 66.2 Å². The number of hydrogen-bond acceptors (Lipinski definition) is 20. The summed E-state index contributed by atoms with van der Waals surface area (Å²) in [4.78, 5) is 18.3. The van der Waals surface area contributed by atoms with E-state index in [-0.39, 0.29) is 32.7 Å². The zero-order valence-electron chi connectivity index (χ0n) is 33.3. The normalized spacial score (nSPS) is 11.8. The summed E-state index contributed by atoms with van der Waals surface area (Å²) >= 11 is 3.15. The molecule has 18 nitrogen and oxygen atoms in total. The van der Waals surface area contributed by atoms with Crippen LogP contribution in [0.4, 0.5) is 70.7 Å². The van der Waals surface area contributed by atoms with Crippen LogP contribution in [-0.4, -0.2) is 52.4 Å². The Hall–Kier alpha value is -5.92. The summed E-state index contributed by atoms with van der Waals surface area (Å²) in [6.07, 6.45) is -9.36. The maximum absolute atomic E-state index is 13.2. The summed E-state index contributed by atoms with van der Waals surface area (Å²) in [7, 11) is 10.1. The predicted octanol–water partition coefficient (Wildman–Crippen LogP) is 11.2. The van der Waals surface area contributed by atoms with Gasteiger partial charge in [0.05, 0.1) is 94.8 Å². The second kappa shape index (κ2) is 21.2. The van der Waals surface area contributed by atoms with Gasteiger partial charge in [-0.3, -0.25) is 10.1 Å². The van der Waals surface area contributed by atoms with Crippen molar-refractivity contribution < 1.29 is 65.1 Å². The van der Waals surface area contributed by atoms with Gasteiger partial charge in [0.25, 0.3) is 0 Å². The van der Waals surface area contributed by atoms with E-state index in [2.05, 4.69) is 58.9 Å². The van der Waals surface area contributed by atoms with Gasteiger partial charge in [-0.2, -0.15) is 35.0 Å². The Balaban J connectivity index is 0.000000241. The quantitative estimate of drug-likeness (QED) is 0.0250. The average Bonchev–Trinajstić information content (AvgIpc) is 3.87. The number of azo groups is 2. The Morgan fingerprint density at radius 2 is 0.984 bits per heavy atom. The van der Waals surface area contributed by atoms with E-state index in [0.717, 1.165) is 46.9 Å². The lowest BCUT2D eigenvalue weighted by Gasteiger charge is -2.18. The van der Waals surface area contributed by atoms with Crippen molar-refractivity contribution in [1.29, 1.82) is 0 Å². The van der Waals surface area contributed by atoms with E-state index in [1.807, 2.05) is 0 Å². The third-order valence-corrected chi connectivity index (χ3v) is 11.2. The Morgan fingerprint density at radius 3 is 1.28 bits per heavy atom. The molecule has 0 aliphatic carbocycles. The van der Waals surface area contributed by atoms with E-state index in [1.54, 1.807) is 62.3 Å². The number of hydrogen-bond donors (Lipinski definition) is 0. The summed E-state index contributed by atoms with van der Waals surface area (Å²) in [5.74, 6) is 0.911. The zero-order valence-corrected chi connectivity index (χ0v) is 36.5. The van der Waals surface area contributed by atoms with E-state index in [4.69, 9.17) is 22.6 Å². The van der Waals surface area contributed by atoms with Crippen LogP contribution in [0.3, 0.4) is 0 Å². The molecule has 6 aromatic rings. The molecule has 0 atom stereocenters. The highest BCUT2D eigenvalue weighted by Gasteiger charge is 2.35. The minimum absolute atomic E-state index is 0.0434. The van der Waals surface area contributed by atoms with Crippen molar-refractivity contribution in [2.24, 2.45) is 20.5 Å². The molecule has 0 aliphatic rings. The second-order valence-electron chi connectivity index (χ2n) is 12.5. The van der Waals surface area contributed by atoms with E-state index in [9.17, 15) is 36.9 Å². The number of nitrogens with zero attached hydrogens (tertiary/aromatic N) is 10. The number of anilines is 2. The van der Waals surface area contributed by atoms with E-state index >= 15 is 0 Å². The third-order valence-electron chi connectivity index (χ3n) is 8.12. The first-order valence-corrected chi connectivity index (χ1v) is 20.1. The molecule has 0 bridgehead atoms. The molecule has 4 aromatic carbocycles. The second-order valence-corrected chi connectivity index (χ2v) is 16.0. The third kappa shape index (κ3) is 11.8. The van der Waals surface area contributed by atoms with Crippen LogP contribution in [0.2, 0.25) is 0 Å². The Morgan fingerprint density at radius 1 is 0.609 bits per heavy atom. The van der Waals surface area contributed by atoms with Crippen molar-refractivity contribution in [1.82, 2.24) is 9.97 Å². The molecule has 2 heterocycles. The molecule has 6 rings (SSSR count). The first-order chi connectivity index (χ1) is 30.3. The fourth-order valence-electron chi connectivity index (χ4n) is 5.31. The minimum Gasteiger partial charge on any atom is -0.691 e. The predicted molar refractivity (Wildman–Crippen MR) is 221 cm³/mol. The maximum atomic E-state index is 13.2. The molecule has 0 fully saturated rings. The summed E-state index contributed by atoms with van der Waals surface area (Å²) in [6, 6.07) is 10.2. The molecule has 0 aliphatic heterocycles. The summed E-state index contributed by atoms with van der Waals surface area (Å²) in [6.45, 7) is 14.0. The van der Waals surface area contributed by atoms with Gasteiger partial charge in [-0.15, -0.1) is 20.5 Å². The molecule has 0 radical (unpaired) electrons. The number of methoxy groups -OCH3 is 2. The SMILES string of the molecule is [C-]#[N+]c1cc2sc(N=Nc3cc(OC)c(N(C)C)cc3SOO[O-])nc2cc1C(F)(F)F.[C-]#[N+]c1cc2sc(N=Nc3cc(OC)c(N(C)C)cc3SOO[O-])nc2cc1C(F)(F)F. The number of halogens is 6. The molecule has 0 N–H and O–H groups in total. The van der Waals surface area contributed by atoms with Gasteiger partial charge in [-0.1, -0.05) is 22.7 Å². The van der Waals surface area contributed by atoms with E-state index in [1.165, 1.54) is 14.2 Å². The molecule has 2 aromatic heterocycles. The lowest BCUT2D eigenvalue weighted by Crippen LogP contribution is -2.10. The van der Waals surface area contributed by atoms with Gasteiger partial charge in [0, 0.05) is 49.7 Å². The fraction of sp³-hybridized carbons (Fsp3) is 0.222. The van der Waals surface area contributed by atoms with Crippen molar-refractivity contribution >= 4 is 112 Å². The van der Waals surface area contributed by atoms with Crippen molar-refractivity contribution in [2.45, 2.75) is 22.1 Å². The first-order valence-electron chi connectivity index (χ1n) is 17.0. The van der Waals surface area contributed by atoms with E-state index < -0.39 is 34.9 Å². The number of benzene rings is 4. The van der Waals surface area contributed by atoms with Crippen LogP contribution in [0.5, 0.6) is 11.5 Å². The standard InChI is InChI=1S/2C18H14F3N5O4S2/c2*1-22-10-7-15-11(5-9(10)18(19,20)21)23-17(31-15)25-24-12-6-14(28-4)13(26(2)3)8-16(12)32-30-29-27/h2*5-8,27H,2-4H3/p-2. The van der Waals surface area contributed by atoms with Crippen LogP contribution in [0.25, 0.3) is 30.1 Å². The Kier molecular flexibility index (Phi) is 16.2. The summed E-state index contributed by atoms with van der Waals surface area (Å²) in [5.41, 5.74) is -1.27. The van der Waals surface area contributed by atoms with Gasteiger partial charge < -0.3 is 29.8 Å². The van der Waals surface area contributed by atoms with Gasteiger partial charge in [-0.25, -0.2) is 19.7 Å². The van der Waals surface area contributed by atoms with Gasteiger partial charge >= 0.3 is 12.4 Å². The number of alkyl halides is 6. The topological polar surface area (TPSA) is 192 Å². The minimum atomic E-state index is -4.68. The lowest BCUT2D eigenvalue weighted by atomic mass is 10.1. The zero-order chi connectivity index (χ0) is 46.9. The van der Waals surface area contributed by atoms with Crippen molar-refractivity contribution in [3.8, 4) is 11.5 Å². The number of fused-ring (bicyclic) bond motifs is 2. The van der Waals surface area contributed by atoms with Gasteiger partial charge in [-0.05, 0) is 36.4 Å². The number of thiazole rings is 2. The smallest absolute Gasteiger partial charge is 0.407 e. The summed E-state index contributed by atoms with van der Waals surface area (Å²) < 4.78 is 99.2. The van der Waals surface area contributed by atoms with Gasteiger partial charge in [0.2, 0.25) is 21.6 Å². The largest absolute Gasteiger partial charge is 0.691 e. The van der Waals surface area contributed by atoms with Crippen LogP contribution in [0.15, 0.2) is 78.8 Å². The molecule has 0 amide bonds. The molecule has 0 spiro atoms.